The molecular formula is C21H15F3N4O2S2. The van der Waals surface area contributed by atoms with Gasteiger partial charge in [0, 0.05) is 29.1 Å². The maximum absolute atomic E-state index is 12.3. The number of ether oxygens (including phenoxy) is 1. The summed E-state index contributed by atoms with van der Waals surface area (Å²) in [5, 5.41) is 5.77. The van der Waals surface area contributed by atoms with Gasteiger partial charge in [0.25, 0.3) is 0 Å². The lowest BCUT2D eigenvalue weighted by Crippen LogP contribution is -2.17. The molecule has 0 atom stereocenters. The second-order valence-electron chi connectivity index (χ2n) is 6.58. The molecule has 6 nitrogen and oxygen atoms in total. The zero-order valence-corrected chi connectivity index (χ0v) is 17.9. The lowest BCUT2D eigenvalue weighted by Gasteiger charge is -2.08. The number of halogens is 3. The predicted octanol–water partition coefficient (Wildman–Crippen LogP) is 5.33. The van der Waals surface area contributed by atoms with Gasteiger partial charge in [-0.15, -0.1) is 35.8 Å². The van der Waals surface area contributed by atoms with E-state index in [1.807, 2.05) is 23.6 Å². The SMILES string of the molecule is O=C(Cc1csc(-c2ccccn2)n1)Nc1ncc(Cc2ccc(OC(F)(F)F)cc2)s1. The summed E-state index contributed by atoms with van der Waals surface area (Å²) < 4.78 is 40.6. The van der Waals surface area contributed by atoms with E-state index in [0.29, 0.717) is 17.2 Å². The fourth-order valence-electron chi connectivity index (χ4n) is 2.78. The van der Waals surface area contributed by atoms with Gasteiger partial charge in [0.15, 0.2) is 5.13 Å². The molecule has 1 N–H and O–H groups in total. The topological polar surface area (TPSA) is 77.0 Å². The van der Waals surface area contributed by atoms with Crippen LogP contribution in [-0.4, -0.2) is 27.2 Å². The van der Waals surface area contributed by atoms with E-state index in [4.69, 9.17) is 0 Å². The van der Waals surface area contributed by atoms with E-state index in [1.54, 1.807) is 24.5 Å². The molecule has 3 heterocycles. The monoisotopic (exact) mass is 476 g/mol. The molecule has 1 aromatic carbocycles. The number of pyridine rings is 1. The first-order valence-electron chi connectivity index (χ1n) is 9.29. The number of benzene rings is 1. The van der Waals surface area contributed by atoms with Crippen LogP contribution in [0.25, 0.3) is 10.7 Å². The van der Waals surface area contributed by atoms with Crippen molar-refractivity contribution in [1.29, 1.82) is 0 Å². The zero-order chi connectivity index (χ0) is 22.6. The van der Waals surface area contributed by atoms with Gasteiger partial charge in [-0.05, 0) is 29.8 Å². The number of anilines is 1. The van der Waals surface area contributed by atoms with Gasteiger partial charge in [0.2, 0.25) is 5.91 Å². The number of rotatable bonds is 7. The highest BCUT2D eigenvalue weighted by molar-refractivity contribution is 7.15. The molecule has 0 bridgehead atoms. The molecule has 0 spiro atoms. The van der Waals surface area contributed by atoms with Crippen molar-refractivity contribution in [1.82, 2.24) is 15.0 Å². The quantitative estimate of drug-likeness (QED) is 0.390. The number of aromatic nitrogens is 3. The van der Waals surface area contributed by atoms with Crippen molar-refractivity contribution in [2.24, 2.45) is 0 Å². The molecule has 164 valence electrons. The second-order valence-corrected chi connectivity index (χ2v) is 8.56. The Bertz CT molecular complexity index is 1190. The van der Waals surface area contributed by atoms with Gasteiger partial charge in [-0.25, -0.2) is 9.97 Å². The Labute approximate surface area is 188 Å². The molecule has 0 saturated carbocycles. The fraction of sp³-hybridized carbons (Fsp3) is 0.143. The van der Waals surface area contributed by atoms with Crippen LogP contribution in [0.5, 0.6) is 5.75 Å². The van der Waals surface area contributed by atoms with Crippen molar-refractivity contribution < 1.29 is 22.7 Å². The number of thiazole rings is 2. The van der Waals surface area contributed by atoms with Crippen LogP contribution >= 0.6 is 22.7 Å². The minimum absolute atomic E-state index is 0.110. The minimum atomic E-state index is -4.72. The molecule has 0 saturated heterocycles. The van der Waals surface area contributed by atoms with E-state index in [0.717, 1.165) is 21.1 Å². The van der Waals surface area contributed by atoms with Gasteiger partial charge in [0.1, 0.15) is 10.8 Å². The molecule has 0 radical (unpaired) electrons. The highest BCUT2D eigenvalue weighted by Gasteiger charge is 2.30. The summed E-state index contributed by atoms with van der Waals surface area (Å²) in [5.41, 5.74) is 2.20. The van der Waals surface area contributed by atoms with Crippen LogP contribution in [0, 0.1) is 0 Å². The van der Waals surface area contributed by atoms with E-state index in [2.05, 4.69) is 25.0 Å². The fourth-order valence-corrected chi connectivity index (χ4v) is 4.44. The van der Waals surface area contributed by atoms with Crippen LogP contribution < -0.4 is 10.1 Å². The van der Waals surface area contributed by atoms with Crippen molar-refractivity contribution >= 4 is 33.7 Å². The van der Waals surface area contributed by atoms with Crippen molar-refractivity contribution in [3.8, 4) is 16.5 Å². The molecule has 0 aliphatic carbocycles. The van der Waals surface area contributed by atoms with E-state index in [1.165, 1.54) is 34.8 Å². The van der Waals surface area contributed by atoms with Crippen molar-refractivity contribution in [3.63, 3.8) is 0 Å². The number of hydrogen-bond donors (Lipinski definition) is 1. The summed E-state index contributed by atoms with van der Waals surface area (Å²) in [6.07, 6.45) is -0.820. The minimum Gasteiger partial charge on any atom is -0.406 e. The Morgan fingerprint density at radius 2 is 1.91 bits per heavy atom. The van der Waals surface area contributed by atoms with Crippen LogP contribution in [-0.2, 0) is 17.6 Å². The number of nitrogens with zero attached hydrogens (tertiary/aromatic N) is 3. The molecule has 3 aromatic heterocycles. The van der Waals surface area contributed by atoms with E-state index < -0.39 is 6.36 Å². The smallest absolute Gasteiger partial charge is 0.406 e. The van der Waals surface area contributed by atoms with Gasteiger partial charge < -0.3 is 10.1 Å². The normalized spacial score (nSPS) is 11.3. The molecule has 0 aliphatic heterocycles. The maximum Gasteiger partial charge on any atom is 0.573 e. The molecule has 4 aromatic rings. The lowest BCUT2D eigenvalue weighted by molar-refractivity contribution is -0.274. The molecule has 11 heteroatoms. The summed E-state index contributed by atoms with van der Waals surface area (Å²) >= 11 is 2.72. The third-order valence-corrected chi connectivity index (χ3v) is 5.94. The summed E-state index contributed by atoms with van der Waals surface area (Å²) in [4.78, 5) is 26.1. The molecule has 0 aliphatic rings. The highest BCUT2D eigenvalue weighted by Crippen LogP contribution is 2.26. The first-order chi connectivity index (χ1) is 15.3. The van der Waals surface area contributed by atoms with Gasteiger partial charge in [-0.3, -0.25) is 9.78 Å². The number of alkyl halides is 3. The first-order valence-corrected chi connectivity index (χ1v) is 11.0. The van der Waals surface area contributed by atoms with Gasteiger partial charge in [0.05, 0.1) is 17.8 Å². The number of carbonyl (C=O) groups is 1. The number of amides is 1. The van der Waals surface area contributed by atoms with Crippen LogP contribution in [0.15, 0.2) is 60.2 Å². The molecule has 4 rings (SSSR count). The largest absolute Gasteiger partial charge is 0.573 e. The molecule has 32 heavy (non-hydrogen) atoms. The summed E-state index contributed by atoms with van der Waals surface area (Å²) in [6.45, 7) is 0. The number of nitrogens with one attached hydrogen (secondary N) is 1. The lowest BCUT2D eigenvalue weighted by atomic mass is 10.1. The Balaban J connectivity index is 1.31. The van der Waals surface area contributed by atoms with Gasteiger partial charge in [-0.2, -0.15) is 0 Å². The van der Waals surface area contributed by atoms with Crippen molar-refractivity contribution in [3.05, 3.63) is 76.4 Å². The van der Waals surface area contributed by atoms with Gasteiger partial charge >= 0.3 is 6.36 Å². The van der Waals surface area contributed by atoms with Crippen molar-refractivity contribution in [2.45, 2.75) is 19.2 Å². The summed E-state index contributed by atoms with van der Waals surface area (Å²) in [6, 6.07) is 11.2. The van der Waals surface area contributed by atoms with Crippen LogP contribution in [0.1, 0.15) is 16.1 Å². The molecule has 0 fully saturated rings. The number of hydrogen-bond acceptors (Lipinski definition) is 7. The van der Waals surface area contributed by atoms with E-state index in [9.17, 15) is 18.0 Å². The standard InChI is InChI=1S/C21H15F3N4O2S2/c22-21(23,24)30-15-6-4-13(5-7-15)9-16-11-26-20(32-16)28-18(29)10-14-12-31-19(27-14)17-3-1-2-8-25-17/h1-8,11-12H,9-10H2,(H,26,28,29). The summed E-state index contributed by atoms with van der Waals surface area (Å²) in [5.74, 6) is -0.510. The molecule has 0 unspecified atom stereocenters. The Morgan fingerprint density at radius 3 is 2.62 bits per heavy atom. The van der Waals surface area contributed by atoms with Crippen molar-refractivity contribution in [2.75, 3.05) is 5.32 Å². The van der Waals surface area contributed by atoms with Crippen LogP contribution in [0.2, 0.25) is 0 Å². The predicted molar refractivity (Wildman–Crippen MR) is 116 cm³/mol. The molecule has 1 amide bonds. The summed E-state index contributed by atoms with van der Waals surface area (Å²) in [7, 11) is 0. The third kappa shape index (κ3) is 6.11. The number of carbonyl (C=O) groups excluding carboxylic acids is 1. The van der Waals surface area contributed by atoms with Crippen LogP contribution in [0.4, 0.5) is 18.3 Å². The van der Waals surface area contributed by atoms with Gasteiger partial charge in [-0.1, -0.05) is 18.2 Å². The van der Waals surface area contributed by atoms with Crippen LogP contribution in [0.3, 0.4) is 0 Å². The zero-order valence-electron chi connectivity index (χ0n) is 16.3. The third-order valence-electron chi connectivity index (χ3n) is 4.11. The Hall–Kier alpha value is -3.31. The maximum atomic E-state index is 12.3. The second kappa shape index (κ2) is 9.45. The first kappa shape index (κ1) is 21.9. The van der Waals surface area contributed by atoms with E-state index in [-0.39, 0.29) is 18.1 Å². The Morgan fingerprint density at radius 1 is 1.09 bits per heavy atom. The highest BCUT2D eigenvalue weighted by atomic mass is 32.1. The molecular weight excluding hydrogens is 461 g/mol. The average Bonchev–Trinajstić information content (AvgIpc) is 3.38. The average molecular weight is 477 g/mol. The Kier molecular flexibility index (Phi) is 6.47. The van der Waals surface area contributed by atoms with E-state index >= 15 is 0 Å².